The van der Waals surface area contributed by atoms with Gasteiger partial charge in [-0.2, -0.15) is 15.1 Å². The zero-order chi connectivity index (χ0) is 17.4. The second-order valence-electron chi connectivity index (χ2n) is 5.86. The summed E-state index contributed by atoms with van der Waals surface area (Å²) in [7, 11) is 1.62. The third kappa shape index (κ3) is 3.02. The van der Waals surface area contributed by atoms with Crippen LogP contribution in [0.25, 0.3) is 11.0 Å². The molecule has 2 heterocycles. The standard InChI is InChI=1S/C17H15ClN4O3/c1-24-13-4-2-10(3-5-13)9-25-16-14-8-19-22(11-6-12(23)7-11)15(14)20-17(18)21-16/h2-5,8,11H,6-7,9H2,1H3. The van der Waals surface area contributed by atoms with E-state index in [9.17, 15) is 4.79 Å². The third-order valence-corrected chi connectivity index (χ3v) is 4.37. The topological polar surface area (TPSA) is 79.1 Å². The molecule has 0 bridgehead atoms. The number of carbonyl (C=O) groups excluding carboxylic acids is 1. The van der Waals surface area contributed by atoms with Gasteiger partial charge in [0.1, 0.15) is 23.5 Å². The van der Waals surface area contributed by atoms with Gasteiger partial charge >= 0.3 is 0 Å². The number of fused-ring (bicyclic) bond motifs is 1. The summed E-state index contributed by atoms with van der Waals surface area (Å²) in [6.07, 6.45) is 2.60. The minimum atomic E-state index is 0.0328. The predicted octanol–water partition coefficient (Wildman–Crippen LogP) is 2.97. The fraction of sp³-hybridized carbons (Fsp3) is 0.294. The SMILES string of the molecule is COc1ccc(COc2nc(Cl)nc3c2cnn3C2CC(=O)C2)cc1. The van der Waals surface area contributed by atoms with Gasteiger partial charge < -0.3 is 9.47 Å². The van der Waals surface area contributed by atoms with Crippen LogP contribution >= 0.6 is 11.6 Å². The van der Waals surface area contributed by atoms with Crippen LogP contribution in [0.15, 0.2) is 30.5 Å². The van der Waals surface area contributed by atoms with Crippen LogP contribution in [-0.2, 0) is 11.4 Å². The Bertz CT molecular complexity index is 931. The highest BCUT2D eigenvalue weighted by Crippen LogP contribution is 2.33. The number of rotatable bonds is 5. The molecule has 0 aliphatic heterocycles. The average Bonchev–Trinajstić information content (AvgIpc) is 3.00. The lowest BCUT2D eigenvalue weighted by molar-refractivity contribution is -0.126. The number of aromatic nitrogens is 4. The number of ether oxygens (including phenoxy) is 2. The van der Waals surface area contributed by atoms with Gasteiger partial charge in [-0.05, 0) is 29.3 Å². The lowest BCUT2D eigenvalue weighted by atomic mass is 9.92. The highest BCUT2D eigenvalue weighted by atomic mass is 35.5. The Labute approximate surface area is 148 Å². The van der Waals surface area contributed by atoms with Crippen LogP contribution in [0.2, 0.25) is 5.28 Å². The maximum Gasteiger partial charge on any atom is 0.229 e. The second-order valence-corrected chi connectivity index (χ2v) is 6.20. The van der Waals surface area contributed by atoms with Gasteiger partial charge in [0.25, 0.3) is 0 Å². The van der Waals surface area contributed by atoms with Crippen molar-refractivity contribution in [2.75, 3.05) is 7.11 Å². The minimum absolute atomic E-state index is 0.0328. The van der Waals surface area contributed by atoms with Crippen molar-refractivity contribution in [1.29, 1.82) is 0 Å². The van der Waals surface area contributed by atoms with Crippen LogP contribution in [0.3, 0.4) is 0 Å². The smallest absolute Gasteiger partial charge is 0.229 e. The van der Waals surface area contributed by atoms with Crippen molar-refractivity contribution in [2.45, 2.75) is 25.5 Å². The maximum atomic E-state index is 11.2. The van der Waals surface area contributed by atoms with Gasteiger partial charge in [-0.3, -0.25) is 4.79 Å². The maximum absolute atomic E-state index is 11.2. The molecule has 128 valence electrons. The molecule has 25 heavy (non-hydrogen) atoms. The molecule has 4 rings (SSSR count). The summed E-state index contributed by atoms with van der Waals surface area (Å²) >= 11 is 6.04. The number of carbonyl (C=O) groups is 1. The van der Waals surface area contributed by atoms with Crippen LogP contribution in [0.1, 0.15) is 24.4 Å². The predicted molar refractivity (Wildman–Crippen MR) is 90.9 cm³/mol. The third-order valence-electron chi connectivity index (χ3n) is 4.20. The lowest BCUT2D eigenvalue weighted by Gasteiger charge is -2.24. The van der Waals surface area contributed by atoms with Crippen molar-refractivity contribution in [3.63, 3.8) is 0 Å². The van der Waals surface area contributed by atoms with E-state index in [2.05, 4.69) is 15.1 Å². The van der Waals surface area contributed by atoms with E-state index in [1.54, 1.807) is 18.0 Å². The fourth-order valence-electron chi connectivity index (χ4n) is 2.76. The van der Waals surface area contributed by atoms with Gasteiger partial charge in [-0.1, -0.05) is 12.1 Å². The Balaban J connectivity index is 1.59. The van der Waals surface area contributed by atoms with E-state index in [1.165, 1.54) is 0 Å². The first-order valence-corrected chi connectivity index (χ1v) is 8.20. The number of hydrogen-bond acceptors (Lipinski definition) is 6. The number of nitrogens with zero attached hydrogens (tertiary/aromatic N) is 4. The highest BCUT2D eigenvalue weighted by molar-refractivity contribution is 6.28. The summed E-state index contributed by atoms with van der Waals surface area (Å²) in [6.45, 7) is 0.333. The molecule has 0 unspecified atom stereocenters. The molecule has 8 heteroatoms. The van der Waals surface area contributed by atoms with Gasteiger partial charge in [-0.25, -0.2) is 4.68 Å². The molecule has 0 amide bonds. The first-order valence-electron chi connectivity index (χ1n) is 7.82. The van der Waals surface area contributed by atoms with Crippen LogP contribution < -0.4 is 9.47 Å². The largest absolute Gasteiger partial charge is 0.497 e. The molecule has 1 saturated carbocycles. The molecule has 0 spiro atoms. The number of ketones is 1. The van der Waals surface area contributed by atoms with Crippen molar-refractivity contribution in [3.05, 3.63) is 41.3 Å². The molecule has 1 aromatic carbocycles. The first-order chi connectivity index (χ1) is 12.1. The summed E-state index contributed by atoms with van der Waals surface area (Å²) in [5.74, 6) is 1.39. The minimum Gasteiger partial charge on any atom is -0.497 e. The lowest BCUT2D eigenvalue weighted by Crippen LogP contribution is -2.27. The number of halogens is 1. The number of methoxy groups -OCH3 is 1. The molecule has 1 aliphatic carbocycles. The Kier molecular flexibility index (Phi) is 4.01. The monoisotopic (exact) mass is 358 g/mol. The van der Waals surface area contributed by atoms with Crippen molar-refractivity contribution in [1.82, 2.24) is 19.7 Å². The van der Waals surface area contributed by atoms with Crippen molar-refractivity contribution in [3.8, 4) is 11.6 Å². The normalized spacial score (nSPS) is 14.6. The second kappa shape index (κ2) is 6.33. The molecule has 2 aromatic heterocycles. The Morgan fingerprint density at radius 1 is 1.24 bits per heavy atom. The number of Topliss-reactive ketones (excluding diaryl/α,β-unsaturated/α-hetero) is 1. The van der Waals surface area contributed by atoms with E-state index in [0.717, 1.165) is 11.3 Å². The van der Waals surface area contributed by atoms with Crippen molar-refractivity contribution < 1.29 is 14.3 Å². The van der Waals surface area contributed by atoms with Gasteiger partial charge in [0, 0.05) is 12.8 Å². The van der Waals surface area contributed by atoms with E-state index in [0.29, 0.717) is 36.4 Å². The fourth-order valence-corrected chi connectivity index (χ4v) is 2.92. The van der Waals surface area contributed by atoms with Gasteiger partial charge in [-0.15, -0.1) is 0 Å². The quantitative estimate of drug-likeness (QED) is 0.652. The zero-order valence-electron chi connectivity index (χ0n) is 13.5. The Hall–Kier alpha value is -2.67. The summed E-state index contributed by atoms with van der Waals surface area (Å²) in [5.41, 5.74) is 1.56. The van der Waals surface area contributed by atoms with E-state index < -0.39 is 0 Å². The van der Waals surface area contributed by atoms with Gasteiger partial charge in [0.05, 0.1) is 19.3 Å². The van der Waals surface area contributed by atoms with E-state index in [4.69, 9.17) is 21.1 Å². The van der Waals surface area contributed by atoms with Crippen LogP contribution in [0.4, 0.5) is 0 Å². The average molecular weight is 359 g/mol. The Morgan fingerprint density at radius 2 is 2.00 bits per heavy atom. The summed E-state index contributed by atoms with van der Waals surface area (Å²) in [5, 5.41) is 5.10. The summed E-state index contributed by atoms with van der Waals surface area (Å²) in [4.78, 5) is 19.7. The van der Waals surface area contributed by atoms with Crippen LogP contribution in [0.5, 0.6) is 11.6 Å². The van der Waals surface area contributed by atoms with Crippen molar-refractivity contribution in [2.24, 2.45) is 0 Å². The molecular formula is C17H15ClN4O3. The Morgan fingerprint density at radius 3 is 2.68 bits per heavy atom. The van der Waals surface area contributed by atoms with Crippen LogP contribution in [-0.4, -0.2) is 32.6 Å². The van der Waals surface area contributed by atoms with Crippen LogP contribution in [0, 0.1) is 0 Å². The molecule has 0 atom stereocenters. The summed E-state index contributed by atoms with van der Waals surface area (Å²) < 4.78 is 12.7. The summed E-state index contributed by atoms with van der Waals surface area (Å²) in [6, 6.07) is 7.61. The van der Waals surface area contributed by atoms with Crippen molar-refractivity contribution >= 4 is 28.4 Å². The van der Waals surface area contributed by atoms with E-state index in [1.807, 2.05) is 24.3 Å². The molecule has 1 fully saturated rings. The number of benzene rings is 1. The molecule has 0 N–H and O–H groups in total. The number of hydrogen-bond donors (Lipinski definition) is 0. The highest BCUT2D eigenvalue weighted by Gasteiger charge is 2.31. The van der Waals surface area contributed by atoms with Gasteiger partial charge in [0.2, 0.25) is 11.2 Å². The molecule has 0 radical (unpaired) electrons. The van der Waals surface area contributed by atoms with Gasteiger partial charge in [0.15, 0.2) is 5.65 Å². The zero-order valence-corrected chi connectivity index (χ0v) is 14.2. The first kappa shape index (κ1) is 15.8. The molecule has 7 nitrogen and oxygen atoms in total. The molecule has 0 saturated heterocycles. The molecule has 1 aliphatic rings. The molecular weight excluding hydrogens is 344 g/mol. The molecule has 3 aromatic rings. The van der Waals surface area contributed by atoms with E-state index in [-0.39, 0.29) is 17.1 Å². The van der Waals surface area contributed by atoms with E-state index >= 15 is 0 Å².